The third-order valence-corrected chi connectivity index (χ3v) is 4.06. The number of aromatic nitrogens is 1. The van der Waals surface area contributed by atoms with Gasteiger partial charge in [0, 0.05) is 30.2 Å². The van der Waals surface area contributed by atoms with Crippen molar-refractivity contribution in [1.29, 1.82) is 0 Å². The molecule has 0 unspecified atom stereocenters. The van der Waals surface area contributed by atoms with Crippen molar-refractivity contribution in [3.8, 4) is 0 Å². The van der Waals surface area contributed by atoms with Gasteiger partial charge in [-0.1, -0.05) is 31.6 Å². The van der Waals surface area contributed by atoms with Gasteiger partial charge in [-0.3, -0.25) is 4.90 Å². The largest absolute Gasteiger partial charge is 0.361 e. The van der Waals surface area contributed by atoms with Gasteiger partial charge < -0.3 is 4.98 Å². The van der Waals surface area contributed by atoms with E-state index in [2.05, 4.69) is 47.1 Å². The Hall–Kier alpha value is -1.54. The van der Waals surface area contributed by atoms with Crippen molar-refractivity contribution in [2.45, 2.75) is 26.2 Å². The number of nitrogens with zero attached hydrogens (tertiary/aromatic N) is 1. The standard InChI is InChI=1S/C17H22N2/c1-2-3-11-19-12-8-14(9-13-19)15-5-4-6-17-16(15)7-10-18-17/h4-8,10,18H,2-3,9,11-13H2,1H3. The van der Waals surface area contributed by atoms with Crippen LogP contribution in [0, 0.1) is 0 Å². The number of hydrogen-bond donors (Lipinski definition) is 1. The average molecular weight is 254 g/mol. The molecular formula is C17H22N2. The summed E-state index contributed by atoms with van der Waals surface area (Å²) in [5.41, 5.74) is 4.17. The predicted molar refractivity (Wildman–Crippen MR) is 82.2 cm³/mol. The van der Waals surface area contributed by atoms with E-state index in [1.165, 1.54) is 54.4 Å². The van der Waals surface area contributed by atoms with E-state index in [0.29, 0.717) is 0 Å². The molecule has 2 heterocycles. The second kappa shape index (κ2) is 5.62. The Morgan fingerprint density at radius 3 is 3.00 bits per heavy atom. The first-order valence-corrected chi connectivity index (χ1v) is 7.36. The lowest BCUT2D eigenvalue weighted by molar-refractivity contribution is 0.297. The van der Waals surface area contributed by atoms with Crippen LogP contribution in [-0.4, -0.2) is 29.5 Å². The molecule has 2 heteroatoms. The Morgan fingerprint density at radius 1 is 1.26 bits per heavy atom. The third kappa shape index (κ3) is 2.59. The second-order valence-corrected chi connectivity index (χ2v) is 5.38. The van der Waals surface area contributed by atoms with E-state index in [1.54, 1.807) is 0 Å². The molecule has 2 aromatic rings. The summed E-state index contributed by atoms with van der Waals surface area (Å²) in [6.07, 6.45) is 8.23. The van der Waals surface area contributed by atoms with Crippen molar-refractivity contribution < 1.29 is 0 Å². The van der Waals surface area contributed by atoms with Crippen molar-refractivity contribution in [2.75, 3.05) is 19.6 Å². The topological polar surface area (TPSA) is 19.0 Å². The van der Waals surface area contributed by atoms with Crippen LogP contribution in [-0.2, 0) is 0 Å². The summed E-state index contributed by atoms with van der Waals surface area (Å²) in [6.45, 7) is 5.81. The van der Waals surface area contributed by atoms with E-state index in [9.17, 15) is 0 Å². The summed E-state index contributed by atoms with van der Waals surface area (Å²) in [5, 5.41) is 1.36. The highest BCUT2D eigenvalue weighted by Gasteiger charge is 2.14. The number of unbranched alkanes of at least 4 members (excludes halogenated alkanes) is 1. The number of nitrogens with one attached hydrogen (secondary N) is 1. The maximum Gasteiger partial charge on any atom is 0.0460 e. The molecule has 1 aliphatic rings. The lowest BCUT2D eigenvalue weighted by Gasteiger charge is -2.26. The van der Waals surface area contributed by atoms with Gasteiger partial charge in [-0.15, -0.1) is 0 Å². The minimum absolute atomic E-state index is 1.11. The molecule has 0 atom stereocenters. The van der Waals surface area contributed by atoms with E-state index in [1.807, 2.05) is 6.20 Å². The lowest BCUT2D eigenvalue weighted by atomic mass is 9.96. The Labute approximate surface area is 115 Å². The zero-order chi connectivity index (χ0) is 13.1. The van der Waals surface area contributed by atoms with Crippen LogP contribution in [0.15, 0.2) is 36.5 Å². The molecule has 1 aliphatic heterocycles. The number of H-pyrrole nitrogens is 1. The van der Waals surface area contributed by atoms with Gasteiger partial charge in [0.05, 0.1) is 0 Å². The van der Waals surface area contributed by atoms with E-state index in [-0.39, 0.29) is 0 Å². The van der Waals surface area contributed by atoms with Crippen LogP contribution in [0.3, 0.4) is 0 Å². The summed E-state index contributed by atoms with van der Waals surface area (Å²) in [6, 6.07) is 8.74. The van der Waals surface area contributed by atoms with Crippen LogP contribution in [0.2, 0.25) is 0 Å². The van der Waals surface area contributed by atoms with E-state index >= 15 is 0 Å². The molecule has 0 radical (unpaired) electrons. The van der Waals surface area contributed by atoms with Gasteiger partial charge in [0.1, 0.15) is 0 Å². The van der Waals surface area contributed by atoms with Crippen molar-refractivity contribution in [2.24, 2.45) is 0 Å². The Kier molecular flexibility index (Phi) is 3.69. The highest BCUT2D eigenvalue weighted by Crippen LogP contribution is 2.28. The monoisotopic (exact) mass is 254 g/mol. The minimum atomic E-state index is 1.11. The van der Waals surface area contributed by atoms with Gasteiger partial charge in [-0.05, 0) is 42.7 Å². The van der Waals surface area contributed by atoms with Gasteiger partial charge in [0.25, 0.3) is 0 Å². The minimum Gasteiger partial charge on any atom is -0.361 e. The molecule has 100 valence electrons. The van der Waals surface area contributed by atoms with Crippen LogP contribution >= 0.6 is 0 Å². The maximum atomic E-state index is 3.30. The fourth-order valence-corrected chi connectivity index (χ4v) is 2.91. The molecule has 0 fully saturated rings. The summed E-state index contributed by atoms with van der Waals surface area (Å²) >= 11 is 0. The fourth-order valence-electron chi connectivity index (χ4n) is 2.91. The zero-order valence-electron chi connectivity index (χ0n) is 11.7. The van der Waals surface area contributed by atoms with Crippen molar-refractivity contribution >= 4 is 16.5 Å². The van der Waals surface area contributed by atoms with Crippen LogP contribution in [0.1, 0.15) is 31.7 Å². The smallest absolute Gasteiger partial charge is 0.0460 e. The summed E-state index contributed by atoms with van der Waals surface area (Å²) in [4.78, 5) is 5.86. The number of fused-ring (bicyclic) bond motifs is 1. The third-order valence-electron chi connectivity index (χ3n) is 4.06. The molecule has 1 aromatic carbocycles. The van der Waals surface area contributed by atoms with E-state index in [0.717, 1.165) is 6.54 Å². The molecule has 19 heavy (non-hydrogen) atoms. The van der Waals surface area contributed by atoms with Crippen LogP contribution in [0.25, 0.3) is 16.5 Å². The molecule has 0 saturated carbocycles. The highest BCUT2D eigenvalue weighted by molar-refractivity contribution is 5.92. The maximum absolute atomic E-state index is 3.30. The lowest BCUT2D eigenvalue weighted by Crippen LogP contribution is -2.29. The molecule has 2 nitrogen and oxygen atoms in total. The van der Waals surface area contributed by atoms with Crippen LogP contribution in [0.4, 0.5) is 0 Å². The average Bonchev–Trinajstić information content (AvgIpc) is 2.94. The van der Waals surface area contributed by atoms with E-state index < -0.39 is 0 Å². The number of rotatable bonds is 4. The summed E-state index contributed by atoms with van der Waals surface area (Å²) in [7, 11) is 0. The number of hydrogen-bond acceptors (Lipinski definition) is 1. The summed E-state index contributed by atoms with van der Waals surface area (Å²) < 4.78 is 0. The Balaban J connectivity index is 1.80. The van der Waals surface area contributed by atoms with Crippen molar-refractivity contribution in [3.63, 3.8) is 0 Å². The quantitative estimate of drug-likeness (QED) is 0.872. The fraction of sp³-hybridized carbons (Fsp3) is 0.412. The molecule has 0 amide bonds. The molecule has 0 saturated heterocycles. The first kappa shape index (κ1) is 12.5. The summed E-state index contributed by atoms with van der Waals surface area (Å²) in [5.74, 6) is 0. The number of benzene rings is 1. The molecular weight excluding hydrogens is 232 g/mol. The SMILES string of the molecule is CCCCN1CC=C(c2cccc3[nH]ccc23)CC1. The predicted octanol–water partition coefficient (Wildman–Crippen LogP) is 4.06. The molecule has 1 N–H and O–H groups in total. The molecule has 0 spiro atoms. The first-order chi connectivity index (χ1) is 9.38. The molecule has 0 aliphatic carbocycles. The molecule has 3 rings (SSSR count). The van der Waals surface area contributed by atoms with Gasteiger partial charge in [0.15, 0.2) is 0 Å². The van der Waals surface area contributed by atoms with Gasteiger partial charge >= 0.3 is 0 Å². The molecule has 1 aromatic heterocycles. The second-order valence-electron chi connectivity index (χ2n) is 5.38. The van der Waals surface area contributed by atoms with Gasteiger partial charge in [-0.25, -0.2) is 0 Å². The van der Waals surface area contributed by atoms with Crippen molar-refractivity contribution in [3.05, 3.63) is 42.1 Å². The van der Waals surface area contributed by atoms with E-state index in [4.69, 9.17) is 0 Å². The van der Waals surface area contributed by atoms with Gasteiger partial charge in [-0.2, -0.15) is 0 Å². The van der Waals surface area contributed by atoms with Crippen molar-refractivity contribution in [1.82, 2.24) is 9.88 Å². The molecule has 0 bridgehead atoms. The van der Waals surface area contributed by atoms with Crippen LogP contribution in [0.5, 0.6) is 0 Å². The highest BCUT2D eigenvalue weighted by atomic mass is 15.1. The Morgan fingerprint density at radius 2 is 2.21 bits per heavy atom. The Bertz CT molecular complexity index is 580. The number of aromatic amines is 1. The zero-order valence-corrected chi connectivity index (χ0v) is 11.7. The first-order valence-electron chi connectivity index (χ1n) is 7.36. The normalized spacial score (nSPS) is 16.8. The van der Waals surface area contributed by atoms with Gasteiger partial charge in [0.2, 0.25) is 0 Å². The van der Waals surface area contributed by atoms with Crippen LogP contribution < -0.4 is 0 Å².